The van der Waals surface area contributed by atoms with Crippen molar-refractivity contribution in [2.75, 3.05) is 0 Å². The third kappa shape index (κ3) is 3.91. The largest absolute Gasteiger partial charge is 0.478 e. The summed E-state index contributed by atoms with van der Waals surface area (Å²) < 4.78 is 0. The van der Waals surface area contributed by atoms with Gasteiger partial charge in [-0.3, -0.25) is 0 Å². The number of carboxylic acids is 1. The molecule has 140 valence electrons. The van der Waals surface area contributed by atoms with E-state index in [0.717, 1.165) is 12.0 Å². The molecule has 1 atom stereocenters. The SMILES string of the molecule is CC1(C)CCC(C)(C)c2cc(C#CC(O)c3ccc(C(=O)O)cc3)ccc21. The number of aromatic carboxylic acids is 1. The maximum Gasteiger partial charge on any atom is 0.335 e. The molecule has 1 unspecified atom stereocenters. The fraction of sp³-hybridized carbons (Fsp3) is 0.375. The predicted octanol–water partition coefficient (Wildman–Crippen LogP) is 4.82. The minimum atomic E-state index is -0.985. The molecule has 0 amide bonds. The first-order valence-electron chi connectivity index (χ1n) is 9.28. The number of rotatable bonds is 2. The first kappa shape index (κ1) is 19.2. The zero-order chi connectivity index (χ0) is 19.8. The number of aliphatic hydroxyl groups excluding tert-OH is 1. The van der Waals surface area contributed by atoms with E-state index in [4.69, 9.17) is 5.11 Å². The quantitative estimate of drug-likeness (QED) is 0.753. The maximum atomic E-state index is 10.9. The summed E-state index contributed by atoms with van der Waals surface area (Å²) in [6.45, 7) is 9.13. The molecule has 0 spiro atoms. The molecule has 0 aliphatic heterocycles. The van der Waals surface area contributed by atoms with E-state index in [0.29, 0.717) is 5.56 Å². The molecule has 0 radical (unpaired) electrons. The van der Waals surface area contributed by atoms with Gasteiger partial charge in [0, 0.05) is 5.56 Å². The standard InChI is InChI=1S/C24H26O3/c1-23(2)13-14-24(3,4)20-15-16(5-11-19(20)23)6-12-21(25)17-7-9-18(10-8-17)22(26)27/h5,7-11,15,21,25H,13-14H2,1-4H3,(H,26,27). The van der Waals surface area contributed by atoms with Crippen LogP contribution in [0, 0.1) is 11.8 Å². The van der Waals surface area contributed by atoms with E-state index in [1.54, 1.807) is 12.1 Å². The van der Waals surface area contributed by atoms with Crippen LogP contribution in [0.15, 0.2) is 42.5 Å². The predicted molar refractivity (Wildman–Crippen MR) is 107 cm³/mol. The lowest BCUT2D eigenvalue weighted by Crippen LogP contribution is -2.33. The first-order chi connectivity index (χ1) is 12.6. The second-order valence-electron chi connectivity index (χ2n) is 8.63. The van der Waals surface area contributed by atoms with Gasteiger partial charge in [-0.2, -0.15) is 0 Å². The smallest absolute Gasteiger partial charge is 0.335 e. The van der Waals surface area contributed by atoms with Crippen molar-refractivity contribution in [3.05, 3.63) is 70.3 Å². The van der Waals surface area contributed by atoms with Crippen LogP contribution in [0.25, 0.3) is 0 Å². The molecule has 0 fully saturated rings. The van der Waals surface area contributed by atoms with Gasteiger partial charge in [-0.25, -0.2) is 4.79 Å². The normalized spacial score (nSPS) is 18.0. The van der Waals surface area contributed by atoms with Gasteiger partial charge in [-0.05, 0) is 64.6 Å². The fourth-order valence-electron chi connectivity index (χ4n) is 3.71. The highest BCUT2D eigenvalue weighted by Gasteiger charge is 2.36. The van der Waals surface area contributed by atoms with Crippen molar-refractivity contribution in [3.63, 3.8) is 0 Å². The van der Waals surface area contributed by atoms with Crippen molar-refractivity contribution in [1.29, 1.82) is 0 Å². The third-order valence-electron chi connectivity index (χ3n) is 5.68. The van der Waals surface area contributed by atoms with Crippen LogP contribution in [-0.2, 0) is 10.8 Å². The van der Waals surface area contributed by atoms with E-state index >= 15 is 0 Å². The van der Waals surface area contributed by atoms with Crippen LogP contribution in [0.1, 0.15) is 79.3 Å². The minimum Gasteiger partial charge on any atom is -0.478 e. The van der Waals surface area contributed by atoms with E-state index in [-0.39, 0.29) is 16.4 Å². The summed E-state index contributed by atoms with van der Waals surface area (Å²) in [5, 5.41) is 19.3. The summed E-state index contributed by atoms with van der Waals surface area (Å²) in [5.41, 5.74) is 4.68. The van der Waals surface area contributed by atoms with Gasteiger partial charge in [0.05, 0.1) is 5.56 Å². The van der Waals surface area contributed by atoms with Crippen molar-refractivity contribution in [2.24, 2.45) is 0 Å². The van der Waals surface area contributed by atoms with Crippen LogP contribution in [0.2, 0.25) is 0 Å². The number of carbonyl (C=O) groups is 1. The number of aliphatic hydroxyl groups is 1. The Labute approximate surface area is 161 Å². The molecule has 0 heterocycles. The Hall–Kier alpha value is -2.57. The van der Waals surface area contributed by atoms with Crippen LogP contribution in [0.3, 0.4) is 0 Å². The zero-order valence-corrected chi connectivity index (χ0v) is 16.3. The number of fused-ring (bicyclic) bond motifs is 1. The highest BCUT2D eigenvalue weighted by Crippen LogP contribution is 2.45. The molecule has 0 saturated carbocycles. The molecule has 2 aromatic rings. The van der Waals surface area contributed by atoms with Crippen LogP contribution >= 0.6 is 0 Å². The lowest BCUT2D eigenvalue weighted by Gasteiger charge is -2.41. The fourth-order valence-corrected chi connectivity index (χ4v) is 3.71. The monoisotopic (exact) mass is 362 g/mol. The Balaban J connectivity index is 1.88. The topological polar surface area (TPSA) is 57.5 Å². The summed E-state index contributed by atoms with van der Waals surface area (Å²) >= 11 is 0. The van der Waals surface area contributed by atoms with E-state index in [2.05, 4.69) is 51.7 Å². The molecule has 0 saturated heterocycles. The van der Waals surface area contributed by atoms with Crippen molar-refractivity contribution < 1.29 is 15.0 Å². The third-order valence-corrected chi connectivity index (χ3v) is 5.68. The van der Waals surface area contributed by atoms with Crippen molar-refractivity contribution in [1.82, 2.24) is 0 Å². The number of hydrogen-bond donors (Lipinski definition) is 2. The average molecular weight is 362 g/mol. The number of hydrogen-bond acceptors (Lipinski definition) is 2. The molecule has 0 bridgehead atoms. The summed E-state index contributed by atoms with van der Waals surface area (Å²) in [6.07, 6.45) is 1.36. The number of benzene rings is 2. The van der Waals surface area contributed by atoms with Gasteiger partial charge in [0.1, 0.15) is 6.10 Å². The lowest BCUT2D eigenvalue weighted by molar-refractivity contribution is 0.0696. The molecule has 3 nitrogen and oxygen atoms in total. The molecule has 0 aromatic heterocycles. The second kappa shape index (κ2) is 6.87. The van der Waals surface area contributed by atoms with Gasteiger partial charge in [0.25, 0.3) is 0 Å². The zero-order valence-electron chi connectivity index (χ0n) is 16.3. The van der Waals surface area contributed by atoms with Crippen molar-refractivity contribution >= 4 is 5.97 Å². The molecule has 2 aromatic carbocycles. The lowest BCUT2D eigenvalue weighted by atomic mass is 9.63. The van der Waals surface area contributed by atoms with E-state index in [1.807, 2.05) is 6.07 Å². The summed E-state index contributed by atoms with van der Waals surface area (Å²) in [7, 11) is 0. The summed E-state index contributed by atoms with van der Waals surface area (Å²) in [4.78, 5) is 10.9. The maximum absolute atomic E-state index is 10.9. The highest BCUT2D eigenvalue weighted by atomic mass is 16.4. The first-order valence-corrected chi connectivity index (χ1v) is 9.28. The molecular formula is C24H26O3. The molecule has 1 aliphatic carbocycles. The van der Waals surface area contributed by atoms with Gasteiger partial charge in [-0.15, -0.1) is 0 Å². The Morgan fingerprint density at radius 2 is 1.56 bits per heavy atom. The van der Waals surface area contributed by atoms with Crippen LogP contribution in [0.4, 0.5) is 0 Å². The van der Waals surface area contributed by atoms with Gasteiger partial charge in [0.15, 0.2) is 0 Å². The Kier molecular flexibility index (Phi) is 4.88. The van der Waals surface area contributed by atoms with Gasteiger partial charge in [0.2, 0.25) is 0 Å². The number of carboxylic acid groups (broad SMARTS) is 1. The van der Waals surface area contributed by atoms with Gasteiger partial charge in [-0.1, -0.05) is 57.7 Å². The second-order valence-corrected chi connectivity index (χ2v) is 8.63. The summed E-state index contributed by atoms with van der Waals surface area (Å²) in [5.74, 6) is 4.97. The highest BCUT2D eigenvalue weighted by molar-refractivity contribution is 5.87. The molecule has 2 N–H and O–H groups in total. The van der Waals surface area contributed by atoms with Crippen LogP contribution in [0.5, 0.6) is 0 Å². The van der Waals surface area contributed by atoms with Crippen LogP contribution in [-0.4, -0.2) is 16.2 Å². The summed E-state index contributed by atoms with van der Waals surface area (Å²) in [6, 6.07) is 12.5. The molecule has 3 rings (SSSR count). The minimum absolute atomic E-state index is 0.119. The van der Waals surface area contributed by atoms with E-state index in [1.165, 1.54) is 29.7 Å². The average Bonchev–Trinajstić information content (AvgIpc) is 2.63. The van der Waals surface area contributed by atoms with E-state index < -0.39 is 12.1 Å². The van der Waals surface area contributed by atoms with E-state index in [9.17, 15) is 9.90 Å². The van der Waals surface area contributed by atoms with Crippen molar-refractivity contribution in [3.8, 4) is 11.8 Å². The van der Waals surface area contributed by atoms with Crippen molar-refractivity contribution in [2.45, 2.75) is 57.5 Å². The molecule has 1 aliphatic rings. The Bertz CT molecular complexity index is 924. The Morgan fingerprint density at radius 3 is 2.15 bits per heavy atom. The Morgan fingerprint density at radius 1 is 0.963 bits per heavy atom. The molecular weight excluding hydrogens is 336 g/mol. The molecule has 27 heavy (non-hydrogen) atoms. The van der Waals surface area contributed by atoms with Gasteiger partial charge >= 0.3 is 5.97 Å². The van der Waals surface area contributed by atoms with Crippen LogP contribution < -0.4 is 0 Å². The molecule has 3 heteroatoms. The van der Waals surface area contributed by atoms with Gasteiger partial charge < -0.3 is 10.2 Å².